The maximum atomic E-state index is 9.26. The van der Waals surface area contributed by atoms with Gasteiger partial charge in [-0.25, -0.2) is 4.98 Å². The summed E-state index contributed by atoms with van der Waals surface area (Å²) in [7, 11) is 0. The number of nitrogens with one attached hydrogen (secondary N) is 1. The van der Waals surface area contributed by atoms with Gasteiger partial charge in [0.1, 0.15) is 11.9 Å². The van der Waals surface area contributed by atoms with Crippen molar-refractivity contribution in [3.8, 4) is 6.07 Å². The summed E-state index contributed by atoms with van der Waals surface area (Å²) in [5.74, 6) is 1.13. The van der Waals surface area contributed by atoms with Gasteiger partial charge in [-0.2, -0.15) is 5.26 Å². The number of rotatable bonds is 6. The van der Waals surface area contributed by atoms with Crippen LogP contribution in [0.2, 0.25) is 0 Å². The average molecular weight is 302 g/mol. The van der Waals surface area contributed by atoms with Crippen molar-refractivity contribution >= 4 is 5.82 Å². The second-order valence-corrected chi connectivity index (χ2v) is 6.17. The Kier molecular flexibility index (Phi) is 6.17. The fourth-order valence-electron chi connectivity index (χ4n) is 2.94. The maximum Gasteiger partial charge on any atom is 0.144 e. The minimum absolute atomic E-state index is 0.298. The summed E-state index contributed by atoms with van der Waals surface area (Å²) < 4.78 is 0. The number of anilines is 1. The molecule has 0 aliphatic carbocycles. The van der Waals surface area contributed by atoms with Crippen LogP contribution < -0.4 is 5.32 Å². The molecule has 2 N–H and O–H groups in total. The molecule has 2 heterocycles. The van der Waals surface area contributed by atoms with E-state index in [9.17, 15) is 10.4 Å². The molecule has 1 fully saturated rings. The van der Waals surface area contributed by atoms with E-state index in [1.165, 1.54) is 6.42 Å². The Morgan fingerprint density at radius 2 is 2.32 bits per heavy atom. The highest BCUT2D eigenvalue weighted by Crippen LogP contribution is 2.17. The fourth-order valence-corrected chi connectivity index (χ4v) is 2.94. The standard InChI is InChI=1S/C17H26N4O/c1-13-9-16(10-18)17(20-14(13)2)19-6-4-8-21-7-3-5-15(11-21)12-22/h9,15,22H,3-8,11-12H2,1-2H3,(H,19,20). The first-order valence-electron chi connectivity index (χ1n) is 8.09. The van der Waals surface area contributed by atoms with Crippen molar-refractivity contribution in [1.82, 2.24) is 9.88 Å². The maximum absolute atomic E-state index is 9.26. The Bertz CT molecular complexity index is 538. The van der Waals surface area contributed by atoms with Crippen LogP contribution in [0, 0.1) is 31.1 Å². The van der Waals surface area contributed by atoms with Gasteiger partial charge in [-0.05, 0) is 63.7 Å². The number of aliphatic hydroxyl groups excluding tert-OH is 1. The second kappa shape index (κ2) is 8.11. The predicted octanol–water partition coefficient (Wildman–Crippen LogP) is 2.08. The first-order valence-corrected chi connectivity index (χ1v) is 8.09. The molecule has 1 aliphatic heterocycles. The SMILES string of the molecule is Cc1cc(C#N)c(NCCCN2CCCC(CO)C2)nc1C. The lowest BCUT2D eigenvalue weighted by Crippen LogP contribution is -2.37. The largest absolute Gasteiger partial charge is 0.396 e. The Hall–Kier alpha value is -1.64. The fraction of sp³-hybridized carbons (Fsp3) is 0.647. The van der Waals surface area contributed by atoms with E-state index < -0.39 is 0 Å². The van der Waals surface area contributed by atoms with E-state index in [-0.39, 0.29) is 0 Å². The van der Waals surface area contributed by atoms with Gasteiger partial charge in [0.05, 0.1) is 5.56 Å². The van der Waals surface area contributed by atoms with Gasteiger partial charge < -0.3 is 15.3 Å². The van der Waals surface area contributed by atoms with Crippen LogP contribution in [0.1, 0.15) is 36.1 Å². The molecule has 1 aromatic heterocycles. The summed E-state index contributed by atoms with van der Waals surface area (Å²) in [5.41, 5.74) is 2.62. The number of aliphatic hydroxyl groups is 1. The minimum Gasteiger partial charge on any atom is -0.396 e. The zero-order valence-electron chi connectivity index (χ0n) is 13.6. The van der Waals surface area contributed by atoms with Crippen molar-refractivity contribution in [2.45, 2.75) is 33.1 Å². The number of hydrogen-bond donors (Lipinski definition) is 2. The second-order valence-electron chi connectivity index (χ2n) is 6.17. The summed E-state index contributed by atoms with van der Waals surface area (Å²) in [6, 6.07) is 4.09. The Labute approximate surface area is 133 Å². The van der Waals surface area contributed by atoms with E-state index >= 15 is 0 Å². The van der Waals surface area contributed by atoms with Gasteiger partial charge >= 0.3 is 0 Å². The molecule has 1 aromatic rings. The Morgan fingerprint density at radius 3 is 3.05 bits per heavy atom. The average Bonchev–Trinajstić information content (AvgIpc) is 2.54. The van der Waals surface area contributed by atoms with E-state index in [1.807, 2.05) is 19.9 Å². The number of hydrogen-bond acceptors (Lipinski definition) is 5. The third kappa shape index (κ3) is 4.43. The van der Waals surface area contributed by atoms with Crippen LogP contribution in [0.25, 0.3) is 0 Å². The molecular weight excluding hydrogens is 276 g/mol. The van der Waals surface area contributed by atoms with Gasteiger partial charge in [-0.15, -0.1) is 0 Å². The van der Waals surface area contributed by atoms with Crippen molar-refractivity contribution in [2.75, 3.05) is 38.1 Å². The van der Waals surface area contributed by atoms with E-state index in [1.54, 1.807) is 0 Å². The molecule has 5 heteroatoms. The lowest BCUT2D eigenvalue weighted by atomic mass is 9.99. The summed E-state index contributed by atoms with van der Waals surface area (Å²) in [5, 5.41) is 21.7. The first-order chi connectivity index (χ1) is 10.6. The van der Waals surface area contributed by atoms with Crippen molar-refractivity contribution < 1.29 is 5.11 Å². The number of pyridine rings is 1. The van der Waals surface area contributed by atoms with Gasteiger partial charge in [0.25, 0.3) is 0 Å². The summed E-state index contributed by atoms with van der Waals surface area (Å²) in [6.45, 7) is 8.20. The molecule has 2 rings (SSSR count). The Balaban J connectivity index is 1.79. The van der Waals surface area contributed by atoms with E-state index in [2.05, 4.69) is 21.3 Å². The van der Waals surface area contributed by atoms with Crippen LogP contribution in [0.15, 0.2) is 6.07 Å². The number of piperidine rings is 1. The van der Waals surface area contributed by atoms with E-state index in [0.717, 1.165) is 50.3 Å². The quantitative estimate of drug-likeness (QED) is 0.787. The minimum atomic E-state index is 0.298. The highest BCUT2D eigenvalue weighted by molar-refractivity contribution is 5.53. The van der Waals surface area contributed by atoms with Crippen molar-refractivity contribution in [3.63, 3.8) is 0 Å². The van der Waals surface area contributed by atoms with Gasteiger partial charge in [-0.3, -0.25) is 0 Å². The van der Waals surface area contributed by atoms with Gasteiger partial charge in [0.2, 0.25) is 0 Å². The normalized spacial score (nSPS) is 18.9. The molecule has 120 valence electrons. The molecule has 0 saturated carbocycles. The molecule has 0 aromatic carbocycles. The molecule has 0 radical (unpaired) electrons. The zero-order valence-corrected chi connectivity index (χ0v) is 13.6. The van der Waals surface area contributed by atoms with Crippen LogP contribution in [0.3, 0.4) is 0 Å². The highest BCUT2D eigenvalue weighted by Gasteiger charge is 2.18. The first kappa shape index (κ1) is 16.7. The molecule has 0 spiro atoms. The van der Waals surface area contributed by atoms with Gasteiger partial charge in [-0.1, -0.05) is 0 Å². The molecule has 0 bridgehead atoms. The zero-order chi connectivity index (χ0) is 15.9. The van der Waals surface area contributed by atoms with Crippen molar-refractivity contribution in [2.24, 2.45) is 5.92 Å². The lowest BCUT2D eigenvalue weighted by Gasteiger charge is -2.31. The van der Waals surface area contributed by atoms with E-state index in [4.69, 9.17) is 0 Å². The lowest BCUT2D eigenvalue weighted by molar-refractivity contribution is 0.120. The van der Waals surface area contributed by atoms with E-state index in [0.29, 0.717) is 23.9 Å². The van der Waals surface area contributed by atoms with Crippen LogP contribution in [0.4, 0.5) is 5.82 Å². The smallest absolute Gasteiger partial charge is 0.144 e. The molecular formula is C17H26N4O. The Morgan fingerprint density at radius 1 is 1.50 bits per heavy atom. The van der Waals surface area contributed by atoms with Crippen LogP contribution in [0.5, 0.6) is 0 Å². The molecule has 1 aliphatic rings. The monoisotopic (exact) mass is 302 g/mol. The molecule has 5 nitrogen and oxygen atoms in total. The molecule has 1 saturated heterocycles. The summed E-state index contributed by atoms with van der Waals surface area (Å²) in [4.78, 5) is 6.89. The number of aryl methyl sites for hydroxylation is 2. The number of nitrogens with zero attached hydrogens (tertiary/aromatic N) is 3. The number of aromatic nitrogens is 1. The van der Waals surface area contributed by atoms with Crippen LogP contribution in [-0.4, -0.2) is 47.8 Å². The number of nitriles is 1. The highest BCUT2D eigenvalue weighted by atomic mass is 16.3. The van der Waals surface area contributed by atoms with Gasteiger partial charge in [0, 0.05) is 25.4 Å². The third-order valence-electron chi connectivity index (χ3n) is 4.39. The molecule has 1 atom stereocenters. The summed E-state index contributed by atoms with van der Waals surface area (Å²) >= 11 is 0. The number of likely N-dealkylation sites (tertiary alicyclic amines) is 1. The molecule has 22 heavy (non-hydrogen) atoms. The summed E-state index contributed by atoms with van der Waals surface area (Å²) in [6.07, 6.45) is 3.33. The van der Waals surface area contributed by atoms with Crippen LogP contribution >= 0.6 is 0 Å². The molecule has 0 amide bonds. The topological polar surface area (TPSA) is 72.2 Å². The van der Waals surface area contributed by atoms with Gasteiger partial charge in [0.15, 0.2) is 0 Å². The van der Waals surface area contributed by atoms with Crippen molar-refractivity contribution in [1.29, 1.82) is 5.26 Å². The molecule has 1 unspecified atom stereocenters. The van der Waals surface area contributed by atoms with Crippen LogP contribution in [-0.2, 0) is 0 Å². The predicted molar refractivity (Wildman–Crippen MR) is 87.8 cm³/mol. The van der Waals surface area contributed by atoms with Crippen molar-refractivity contribution in [3.05, 3.63) is 22.9 Å². The third-order valence-corrected chi connectivity index (χ3v) is 4.39.